The van der Waals surface area contributed by atoms with Gasteiger partial charge in [0, 0.05) is 12.7 Å². The Morgan fingerprint density at radius 2 is 1.94 bits per heavy atom. The fourth-order valence-corrected chi connectivity index (χ4v) is 2.39. The van der Waals surface area contributed by atoms with Gasteiger partial charge in [-0.1, -0.05) is 36.5 Å². The molecule has 88 valence electrons. The predicted octanol–water partition coefficient (Wildman–Crippen LogP) is 2.10. The minimum absolute atomic E-state index is 0.0734. The molecule has 4 heteroatoms. The summed E-state index contributed by atoms with van der Waals surface area (Å²) < 4.78 is 1.45. The number of hydrogen-bond acceptors (Lipinski definition) is 2. The van der Waals surface area contributed by atoms with E-state index in [2.05, 4.69) is 5.10 Å². The third kappa shape index (κ3) is 1.96. The average Bonchev–Trinajstić information content (AvgIpc) is 2.53. The molecule has 17 heavy (non-hydrogen) atoms. The molecule has 1 heterocycles. The number of aromatic amines is 1. The minimum Gasteiger partial charge on any atom is -0.300 e. The van der Waals surface area contributed by atoms with E-state index in [-0.39, 0.29) is 5.56 Å². The van der Waals surface area contributed by atoms with E-state index >= 15 is 0 Å². The second-order valence-electron chi connectivity index (χ2n) is 4.12. The number of aromatic nitrogens is 2. The standard InChI is InChI=1S/C13H14N2OS/c1-8-6-4-5-7-10(8)12(17)11-9(2)14-15(3)13(11)16/h4-7,14H,1-3H3. The first-order chi connectivity index (χ1) is 8.02. The molecule has 3 nitrogen and oxygen atoms in total. The Morgan fingerprint density at radius 1 is 1.29 bits per heavy atom. The number of thiocarbonyl (C=S) groups is 1. The van der Waals surface area contributed by atoms with Crippen LogP contribution in [0.15, 0.2) is 29.1 Å². The van der Waals surface area contributed by atoms with Gasteiger partial charge >= 0.3 is 0 Å². The number of benzene rings is 1. The van der Waals surface area contributed by atoms with Crippen molar-refractivity contribution in [3.05, 3.63) is 57.0 Å². The fraction of sp³-hybridized carbons (Fsp3) is 0.231. The molecular formula is C13H14N2OS. The summed E-state index contributed by atoms with van der Waals surface area (Å²) in [5.74, 6) is 0. The largest absolute Gasteiger partial charge is 0.300 e. The zero-order valence-electron chi connectivity index (χ0n) is 10.1. The van der Waals surface area contributed by atoms with Gasteiger partial charge in [-0.15, -0.1) is 0 Å². The number of nitrogens with one attached hydrogen (secondary N) is 1. The SMILES string of the molecule is Cc1ccccc1C(=S)c1c(C)[nH]n(C)c1=O. The van der Waals surface area contributed by atoms with Gasteiger partial charge in [-0.3, -0.25) is 14.6 Å². The Balaban J connectivity index is 2.60. The molecule has 0 bridgehead atoms. The van der Waals surface area contributed by atoms with Gasteiger partial charge in [0.25, 0.3) is 5.56 Å². The van der Waals surface area contributed by atoms with Crippen molar-refractivity contribution in [3.8, 4) is 0 Å². The van der Waals surface area contributed by atoms with E-state index in [9.17, 15) is 4.79 Å². The molecule has 1 aromatic heterocycles. The van der Waals surface area contributed by atoms with Gasteiger partial charge in [-0.25, -0.2) is 0 Å². The zero-order chi connectivity index (χ0) is 12.6. The molecule has 0 aliphatic heterocycles. The van der Waals surface area contributed by atoms with Gasteiger partial charge in [0.2, 0.25) is 0 Å². The van der Waals surface area contributed by atoms with Gasteiger partial charge in [-0.2, -0.15) is 0 Å². The number of aryl methyl sites for hydroxylation is 3. The summed E-state index contributed by atoms with van der Waals surface area (Å²) in [6, 6.07) is 7.84. The van der Waals surface area contributed by atoms with Crippen molar-refractivity contribution < 1.29 is 0 Å². The normalized spacial score (nSPS) is 10.5. The summed E-state index contributed by atoms with van der Waals surface area (Å²) in [5, 5.41) is 2.96. The molecular weight excluding hydrogens is 232 g/mol. The van der Waals surface area contributed by atoms with Crippen LogP contribution < -0.4 is 5.56 Å². The number of hydrogen-bond donors (Lipinski definition) is 1. The van der Waals surface area contributed by atoms with Crippen LogP contribution >= 0.6 is 12.2 Å². The van der Waals surface area contributed by atoms with Crippen LogP contribution in [0.1, 0.15) is 22.4 Å². The Bertz CT molecular complexity index is 637. The van der Waals surface area contributed by atoms with Gasteiger partial charge in [0.05, 0.1) is 10.4 Å². The molecule has 2 rings (SSSR count). The summed E-state index contributed by atoms with van der Waals surface area (Å²) in [5.41, 5.74) is 3.36. The van der Waals surface area contributed by atoms with Gasteiger partial charge < -0.3 is 0 Å². The second-order valence-corrected chi connectivity index (χ2v) is 4.53. The third-order valence-electron chi connectivity index (χ3n) is 2.85. The Morgan fingerprint density at radius 3 is 2.47 bits per heavy atom. The van der Waals surface area contributed by atoms with Crippen LogP contribution in [-0.4, -0.2) is 14.6 Å². The lowest BCUT2D eigenvalue weighted by Crippen LogP contribution is -2.19. The summed E-state index contributed by atoms with van der Waals surface area (Å²) in [6.45, 7) is 3.86. The molecule has 0 atom stereocenters. The van der Waals surface area contributed by atoms with Crippen LogP contribution in [0.5, 0.6) is 0 Å². The molecule has 0 radical (unpaired) electrons. The Labute approximate surface area is 105 Å². The molecule has 0 fully saturated rings. The molecule has 0 spiro atoms. The molecule has 0 aliphatic carbocycles. The van der Waals surface area contributed by atoms with E-state index in [0.717, 1.165) is 16.8 Å². The smallest absolute Gasteiger partial charge is 0.275 e. The first-order valence-corrected chi connectivity index (χ1v) is 5.79. The second kappa shape index (κ2) is 4.30. The van der Waals surface area contributed by atoms with Crippen molar-refractivity contribution in [2.75, 3.05) is 0 Å². The van der Waals surface area contributed by atoms with Gasteiger partial charge in [-0.05, 0) is 25.0 Å². The lowest BCUT2D eigenvalue weighted by atomic mass is 10.0. The summed E-state index contributed by atoms with van der Waals surface area (Å²) in [6.07, 6.45) is 0. The minimum atomic E-state index is -0.0734. The Kier molecular flexibility index (Phi) is 2.98. The van der Waals surface area contributed by atoms with Crippen molar-refractivity contribution in [2.45, 2.75) is 13.8 Å². The molecule has 0 amide bonds. The number of rotatable bonds is 2. The van der Waals surface area contributed by atoms with Crippen LogP contribution in [0, 0.1) is 13.8 Å². The summed E-state index contributed by atoms with van der Waals surface area (Å²) in [4.78, 5) is 12.6. The highest BCUT2D eigenvalue weighted by molar-refractivity contribution is 7.81. The molecule has 1 aromatic carbocycles. The van der Waals surface area contributed by atoms with E-state index in [1.54, 1.807) is 7.05 Å². The zero-order valence-corrected chi connectivity index (χ0v) is 10.9. The van der Waals surface area contributed by atoms with Gasteiger partial charge in [0.1, 0.15) is 0 Å². The van der Waals surface area contributed by atoms with Gasteiger partial charge in [0.15, 0.2) is 0 Å². The molecule has 0 unspecified atom stereocenters. The highest BCUT2D eigenvalue weighted by Gasteiger charge is 2.16. The van der Waals surface area contributed by atoms with Crippen molar-refractivity contribution in [3.63, 3.8) is 0 Å². The molecule has 0 saturated carbocycles. The topological polar surface area (TPSA) is 37.8 Å². The monoisotopic (exact) mass is 246 g/mol. The van der Waals surface area contributed by atoms with Crippen LogP contribution in [0.4, 0.5) is 0 Å². The summed E-state index contributed by atoms with van der Waals surface area (Å²) in [7, 11) is 1.69. The lowest BCUT2D eigenvalue weighted by Gasteiger charge is -2.05. The lowest BCUT2D eigenvalue weighted by molar-refractivity contribution is 0.731. The maximum absolute atomic E-state index is 12.0. The molecule has 0 aliphatic rings. The molecule has 2 aromatic rings. The number of H-pyrrole nitrogens is 1. The van der Waals surface area contributed by atoms with Crippen molar-refractivity contribution in [1.82, 2.24) is 9.78 Å². The maximum Gasteiger partial charge on any atom is 0.275 e. The molecule has 1 N–H and O–H groups in total. The maximum atomic E-state index is 12.0. The van der Waals surface area contributed by atoms with Crippen LogP contribution in [0.2, 0.25) is 0 Å². The number of nitrogens with zero attached hydrogens (tertiary/aromatic N) is 1. The van der Waals surface area contributed by atoms with Crippen molar-refractivity contribution in [1.29, 1.82) is 0 Å². The quantitative estimate of drug-likeness (QED) is 0.651. The predicted molar refractivity (Wildman–Crippen MR) is 72.8 cm³/mol. The Hall–Kier alpha value is -1.68. The highest BCUT2D eigenvalue weighted by Crippen LogP contribution is 2.14. The van der Waals surface area contributed by atoms with Crippen molar-refractivity contribution in [2.24, 2.45) is 7.05 Å². The highest BCUT2D eigenvalue weighted by atomic mass is 32.1. The van der Waals surface area contributed by atoms with E-state index in [1.165, 1.54) is 4.68 Å². The van der Waals surface area contributed by atoms with Crippen molar-refractivity contribution >= 4 is 17.1 Å². The van der Waals surface area contributed by atoms with Crippen LogP contribution in [0.25, 0.3) is 0 Å². The fourth-order valence-electron chi connectivity index (χ4n) is 1.92. The van der Waals surface area contributed by atoms with Crippen LogP contribution in [0.3, 0.4) is 0 Å². The first-order valence-electron chi connectivity index (χ1n) is 5.38. The summed E-state index contributed by atoms with van der Waals surface area (Å²) >= 11 is 5.43. The molecule has 0 saturated heterocycles. The van der Waals surface area contributed by atoms with E-state index in [0.29, 0.717) is 10.4 Å². The van der Waals surface area contributed by atoms with Crippen LogP contribution in [-0.2, 0) is 7.05 Å². The van der Waals surface area contributed by atoms with E-state index in [4.69, 9.17) is 12.2 Å². The van der Waals surface area contributed by atoms with E-state index < -0.39 is 0 Å². The average molecular weight is 246 g/mol. The third-order valence-corrected chi connectivity index (χ3v) is 3.27. The first kappa shape index (κ1) is 11.8. The van der Waals surface area contributed by atoms with E-state index in [1.807, 2.05) is 38.1 Å².